The molecular weight excluding hydrogens is 172 g/mol. The molecule has 82 valence electrons. The Morgan fingerprint density at radius 2 is 1.93 bits per heavy atom. The average molecular weight is 196 g/mol. The third-order valence-corrected chi connectivity index (χ3v) is 4.08. The van der Waals surface area contributed by atoms with E-state index in [0.717, 1.165) is 24.4 Å². The molecule has 2 unspecified atom stereocenters. The number of piperidine rings is 1. The molecule has 1 aliphatic heterocycles. The first-order chi connectivity index (χ1) is 6.66. The van der Waals surface area contributed by atoms with Crippen LogP contribution in [0.2, 0.25) is 0 Å². The molecule has 2 rings (SSSR count). The van der Waals surface area contributed by atoms with Crippen LogP contribution < -0.4 is 5.73 Å². The van der Waals surface area contributed by atoms with Crippen LogP contribution in [-0.2, 0) is 0 Å². The van der Waals surface area contributed by atoms with Gasteiger partial charge in [-0.15, -0.1) is 0 Å². The van der Waals surface area contributed by atoms with Gasteiger partial charge in [0.25, 0.3) is 0 Å². The lowest BCUT2D eigenvalue weighted by atomic mass is 9.82. The Morgan fingerprint density at radius 3 is 2.43 bits per heavy atom. The number of rotatable bonds is 2. The Balaban J connectivity index is 1.91. The summed E-state index contributed by atoms with van der Waals surface area (Å²) >= 11 is 0. The predicted octanol–water partition coefficient (Wildman–Crippen LogP) is 1.84. The summed E-state index contributed by atoms with van der Waals surface area (Å²) in [6, 6.07) is 1.30. The van der Waals surface area contributed by atoms with Gasteiger partial charge in [0.05, 0.1) is 0 Å². The van der Waals surface area contributed by atoms with Crippen LogP contribution in [0.3, 0.4) is 0 Å². The van der Waals surface area contributed by atoms with Crippen LogP contribution in [0.15, 0.2) is 0 Å². The molecule has 14 heavy (non-hydrogen) atoms. The molecule has 0 aromatic carbocycles. The molecule has 1 saturated heterocycles. The first-order valence-electron chi connectivity index (χ1n) is 6.16. The maximum atomic E-state index is 6.13. The van der Waals surface area contributed by atoms with Crippen LogP contribution in [0.1, 0.15) is 39.5 Å². The molecular formula is C12H24N2. The van der Waals surface area contributed by atoms with Crippen LogP contribution in [0.4, 0.5) is 0 Å². The van der Waals surface area contributed by atoms with Gasteiger partial charge in [-0.25, -0.2) is 0 Å². The molecule has 2 fully saturated rings. The summed E-state index contributed by atoms with van der Waals surface area (Å²) in [7, 11) is 0. The summed E-state index contributed by atoms with van der Waals surface area (Å²) in [4.78, 5) is 2.66. The zero-order chi connectivity index (χ0) is 10.1. The summed E-state index contributed by atoms with van der Waals surface area (Å²) < 4.78 is 0. The van der Waals surface area contributed by atoms with Crippen molar-refractivity contribution in [1.82, 2.24) is 4.90 Å². The topological polar surface area (TPSA) is 29.3 Å². The zero-order valence-corrected chi connectivity index (χ0v) is 9.58. The maximum Gasteiger partial charge on any atom is 0.0171 e. The molecule has 2 aliphatic rings. The predicted molar refractivity (Wildman–Crippen MR) is 60.1 cm³/mol. The van der Waals surface area contributed by atoms with E-state index < -0.39 is 0 Å². The van der Waals surface area contributed by atoms with Crippen LogP contribution in [0.25, 0.3) is 0 Å². The van der Waals surface area contributed by atoms with Crippen molar-refractivity contribution >= 4 is 0 Å². The quantitative estimate of drug-likeness (QED) is 0.730. The molecule has 2 nitrogen and oxygen atoms in total. The zero-order valence-electron chi connectivity index (χ0n) is 9.58. The number of hydrogen-bond acceptors (Lipinski definition) is 2. The fraction of sp³-hybridized carbons (Fsp3) is 1.00. The van der Waals surface area contributed by atoms with E-state index in [9.17, 15) is 0 Å². The molecule has 2 heteroatoms. The Hall–Kier alpha value is -0.0800. The summed E-state index contributed by atoms with van der Waals surface area (Å²) in [6.45, 7) is 7.12. The second-order valence-corrected chi connectivity index (χ2v) is 5.54. The molecule has 0 amide bonds. The van der Waals surface area contributed by atoms with Crippen LogP contribution in [-0.4, -0.2) is 30.1 Å². The van der Waals surface area contributed by atoms with E-state index in [4.69, 9.17) is 5.73 Å². The van der Waals surface area contributed by atoms with E-state index in [1.807, 2.05) is 0 Å². The lowest BCUT2D eigenvalue weighted by molar-refractivity contribution is 0.0532. The Morgan fingerprint density at radius 1 is 1.21 bits per heavy atom. The first-order valence-corrected chi connectivity index (χ1v) is 6.16. The number of nitrogens with two attached hydrogens (primary N) is 1. The van der Waals surface area contributed by atoms with Crippen molar-refractivity contribution in [2.75, 3.05) is 13.1 Å². The molecule has 1 aliphatic carbocycles. The minimum atomic E-state index is 0.428. The lowest BCUT2D eigenvalue weighted by Gasteiger charge is -2.45. The summed E-state index contributed by atoms with van der Waals surface area (Å²) in [6.07, 6.45) is 5.50. The Kier molecular flexibility index (Phi) is 3.13. The minimum absolute atomic E-state index is 0.428. The van der Waals surface area contributed by atoms with Crippen LogP contribution in [0, 0.1) is 11.8 Å². The third-order valence-electron chi connectivity index (χ3n) is 4.08. The van der Waals surface area contributed by atoms with Gasteiger partial charge < -0.3 is 5.73 Å². The van der Waals surface area contributed by atoms with Gasteiger partial charge in [0.2, 0.25) is 0 Å². The van der Waals surface area contributed by atoms with Crippen LogP contribution >= 0.6 is 0 Å². The summed E-state index contributed by atoms with van der Waals surface area (Å²) in [5, 5.41) is 0. The molecule has 0 aromatic rings. The molecule has 0 radical (unpaired) electrons. The van der Waals surface area contributed by atoms with E-state index in [0.29, 0.717) is 6.04 Å². The average Bonchev–Trinajstić information content (AvgIpc) is 1.99. The van der Waals surface area contributed by atoms with Crippen molar-refractivity contribution in [2.24, 2.45) is 17.6 Å². The van der Waals surface area contributed by atoms with E-state index in [1.54, 1.807) is 0 Å². The molecule has 0 spiro atoms. The maximum absolute atomic E-state index is 6.13. The second-order valence-electron chi connectivity index (χ2n) is 5.54. The molecule has 0 bridgehead atoms. The fourth-order valence-corrected chi connectivity index (χ4v) is 2.75. The van der Waals surface area contributed by atoms with Gasteiger partial charge in [-0.3, -0.25) is 4.90 Å². The van der Waals surface area contributed by atoms with Gasteiger partial charge in [0, 0.05) is 25.2 Å². The van der Waals surface area contributed by atoms with Gasteiger partial charge in [-0.2, -0.15) is 0 Å². The summed E-state index contributed by atoms with van der Waals surface area (Å²) in [5.41, 5.74) is 6.13. The van der Waals surface area contributed by atoms with E-state index in [2.05, 4.69) is 18.7 Å². The molecule has 2 atom stereocenters. The molecule has 1 heterocycles. The van der Waals surface area contributed by atoms with Crippen molar-refractivity contribution in [3.8, 4) is 0 Å². The van der Waals surface area contributed by atoms with Crippen molar-refractivity contribution in [1.29, 1.82) is 0 Å². The van der Waals surface area contributed by atoms with E-state index >= 15 is 0 Å². The highest BCUT2D eigenvalue weighted by molar-refractivity contribution is 4.89. The monoisotopic (exact) mass is 196 g/mol. The number of nitrogens with zero attached hydrogens (tertiary/aromatic N) is 1. The Bertz CT molecular complexity index is 187. The SMILES string of the molecule is CC(C)C1CC(N)CN(C2CCC2)C1. The van der Waals surface area contributed by atoms with Gasteiger partial charge in [0.1, 0.15) is 0 Å². The fourth-order valence-electron chi connectivity index (χ4n) is 2.75. The minimum Gasteiger partial charge on any atom is -0.327 e. The van der Waals surface area contributed by atoms with E-state index in [-0.39, 0.29) is 0 Å². The normalized spacial score (nSPS) is 36.0. The lowest BCUT2D eigenvalue weighted by Crippen LogP contribution is -2.53. The van der Waals surface area contributed by atoms with Gasteiger partial charge in [0.15, 0.2) is 0 Å². The van der Waals surface area contributed by atoms with Crippen LogP contribution in [0.5, 0.6) is 0 Å². The van der Waals surface area contributed by atoms with Crippen molar-refractivity contribution in [2.45, 2.75) is 51.6 Å². The first kappa shape index (κ1) is 10.4. The number of hydrogen-bond donors (Lipinski definition) is 1. The van der Waals surface area contributed by atoms with Gasteiger partial charge in [-0.05, 0) is 31.1 Å². The molecule has 0 aromatic heterocycles. The summed E-state index contributed by atoms with van der Waals surface area (Å²) in [5.74, 6) is 1.63. The van der Waals surface area contributed by atoms with E-state index in [1.165, 1.54) is 32.2 Å². The van der Waals surface area contributed by atoms with Crippen molar-refractivity contribution in [3.05, 3.63) is 0 Å². The second kappa shape index (κ2) is 4.19. The Labute approximate surface area is 87.8 Å². The van der Waals surface area contributed by atoms with Gasteiger partial charge in [-0.1, -0.05) is 20.3 Å². The standard InChI is InChI=1S/C12H24N2/c1-9(2)10-6-11(13)8-14(7-10)12-4-3-5-12/h9-12H,3-8,13H2,1-2H3. The highest BCUT2D eigenvalue weighted by atomic mass is 15.2. The smallest absolute Gasteiger partial charge is 0.0171 e. The highest BCUT2D eigenvalue weighted by Crippen LogP contribution is 2.31. The molecule has 2 N–H and O–H groups in total. The van der Waals surface area contributed by atoms with Crippen molar-refractivity contribution in [3.63, 3.8) is 0 Å². The van der Waals surface area contributed by atoms with Crippen molar-refractivity contribution < 1.29 is 0 Å². The third kappa shape index (κ3) is 2.12. The largest absolute Gasteiger partial charge is 0.327 e. The highest BCUT2D eigenvalue weighted by Gasteiger charge is 2.33. The molecule has 1 saturated carbocycles. The van der Waals surface area contributed by atoms with Gasteiger partial charge >= 0.3 is 0 Å². The number of likely N-dealkylation sites (tertiary alicyclic amines) is 1.